The van der Waals surface area contributed by atoms with Crippen LogP contribution in [0.2, 0.25) is 0 Å². The summed E-state index contributed by atoms with van der Waals surface area (Å²) in [4.78, 5) is 13.2. The number of carbonyl (C=O) groups excluding carboxylic acids is 1. The van der Waals surface area contributed by atoms with E-state index in [9.17, 15) is 4.79 Å². The zero-order valence-electron chi connectivity index (χ0n) is 16.3. The van der Waals surface area contributed by atoms with Crippen LogP contribution >= 0.6 is 0 Å². The Morgan fingerprint density at radius 3 is 2.03 bits per heavy atom. The molecule has 1 heterocycles. The average molecular weight is 395 g/mol. The first kappa shape index (κ1) is 18.2. The lowest BCUT2D eigenvalue weighted by Gasteiger charge is -2.18. The molecule has 0 atom stereocenters. The Kier molecular flexibility index (Phi) is 4.81. The largest absolute Gasteiger partial charge is 0.325 e. The van der Waals surface area contributed by atoms with Gasteiger partial charge >= 0.3 is 0 Å². The highest BCUT2D eigenvalue weighted by Gasteiger charge is 2.28. The van der Waals surface area contributed by atoms with Crippen molar-refractivity contribution in [2.45, 2.75) is 24.8 Å². The van der Waals surface area contributed by atoms with Gasteiger partial charge in [-0.1, -0.05) is 60.7 Å². The lowest BCUT2D eigenvalue weighted by Crippen LogP contribution is -2.22. The van der Waals surface area contributed by atoms with Crippen LogP contribution in [0.4, 0.5) is 5.69 Å². The number of anilines is 1. The number of hydrogen-bond acceptors (Lipinski definition) is 4. The number of rotatable bonds is 6. The van der Waals surface area contributed by atoms with Gasteiger partial charge in [0.1, 0.15) is 0 Å². The Bertz CT molecular complexity index is 1100. The second-order valence-corrected chi connectivity index (χ2v) is 7.50. The number of aromatic nitrogens is 4. The Balaban J connectivity index is 1.38. The predicted octanol–water partition coefficient (Wildman–Crippen LogP) is 4.45. The van der Waals surface area contributed by atoms with Crippen LogP contribution in [0.25, 0.3) is 11.4 Å². The van der Waals surface area contributed by atoms with Gasteiger partial charge in [-0.15, -0.1) is 5.10 Å². The van der Waals surface area contributed by atoms with Crippen molar-refractivity contribution in [2.75, 3.05) is 5.32 Å². The van der Waals surface area contributed by atoms with Crippen LogP contribution < -0.4 is 5.32 Å². The van der Waals surface area contributed by atoms with E-state index in [0.29, 0.717) is 6.04 Å². The minimum Gasteiger partial charge on any atom is -0.325 e. The van der Waals surface area contributed by atoms with E-state index in [2.05, 4.69) is 20.8 Å². The fourth-order valence-corrected chi connectivity index (χ4v) is 3.65. The first-order chi connectivity index (χ1) is 14.8. The molecule has 30 heavy (non-hydrogen) atoms. The van der Waals surface area contributed by atoms with Gasteiger partial charge in [-0.25, -0.2) is 4.68 Å². The molecule has 6 heteroatoms. The number of amides is 1. The Morgan fingerprint density at radius 2 is 1.47 bits per heavy atom. The zero-order chi connectivity index (χ0) is 20.3. The molecule has 0 unspecified atom stereocenters. The number of carbonyl (C=O) groups is 1. The molecule has 4 aromatic rings. The molecule has 3 aromatic carbocycles. The van der Waals surface area contributed by atoms with E-state index in [1.54, 1.807) is 0 Å². The molecule has 0 saturated heterocycles. The van der Waals surface area contributed by atoms with Gasteiger partial charge in [0.15, 0.2) is 5.82 Å². The summed E-state index contributed by atoms with van der Waals surface area (Å²) in [5, 5.41) is 15.1. The van der Waals surface area contributed by atoms with Crippen LogP contribution in [-0.2, 0) is 4.79 Å². The smallest absolute Gasteiger partial charge is 0.236 e. The number of benzene rings is 3. The summed E-state index contributed by atoms with van der Waals surface area (Å²) in [6.45, 7) is 0. The summed E-state index contributed by atoms with van der Waals surface area (Å²) in [5.41, 5.74) is 3.60. The van der Waals surface area contributed by atoms with Crippen molar-refractivity contribution in [3.63, 3.8) is 0 Å². The van der Waals surface area contributed by atoms with Crippen LogP contribution in [-0.4, -0.2) is 26.1 Å². The van der Waals surface area contributed by atoms with Crippen LogP contribution in [0.5, 0.6) is 0 Å². The molecule has 1 saturated carbocycles. The van der Waals surface area contributed by atoms with Crippen molar-refractivity contribution in [3.05, 3.63) is 96.1 Å². The minimum atomic E-state index is -0.380. The Labute approximate surface area is 174 Å². The predicted molar refractivity (Wildman–Crippen MR) is 115 cm³/mol. The highest BCUT2D eigenvalue weighted by atomic mass is 16.1. The monoisotopic (exact) mass is 395 g/mol. The van der Waals surface area contributed by atoms with Gasteiger partial charge in [0.05, 0.1) is 12.0 Å². The minimum absolute atomic E-state index is 0.0667. The van der Waals surface area contributed by atoms with Crippen LogP contribution in [0.1, 0.15) is 35.9 Å². The van der Waals surface area contributed by atoms with Crippen molar-refractivity contribution < 1.29 is 4.79 Å². The molecule has 1 aliphatic carbocycles. The number of hydrogen-bond donors (Lipinski definition) is 1. The van der Waals surface area contributed by atoms with Gasteiger partial charge in [0.2, 0.25) is 5.91 Å². The van der Waals surface area contributed by atoms with E-state index in [4.69, 9.17) is 0 Å². The molecule has 148 valence electrons. The number of nitrogens with one attached hydrogen (secondary N) is 1. The molecule has 1 aliphatic rings. The number of tetrazole rings is 1. The molecule has 0 spiro atoms. The Morgan fingerprint density at radius 1 is 0.867 bits per heavy atom. The van der Waals surface area contributed by atoms with Gasteiger partial charge in [0, 0.05) is 11.3 Å². The van der Waals surface area contributed by atoms with Crippen molar-refractivity contribution >= 4 is 11.6 Å². The van der Waals surface area contributed by atoms with Crippen molar-refractivity contribution in [1.29, 1.82) is 0 Å². The lowest BCUT2D eigenvalue weighted by atomic mass is 9.90. The van der Waals surface area contributed by atoms with Gasteiger partial charge in [0.25, 0.3) is 0 Å². The molecule has 0 bridgehead atoms. The molecular formula is C24H21N5O. The normalized spacial score (nSPS) is 13.4. The Hall–Kier alpha value is -3.80. The highest BCUT2D eigenvalue weighted by molar-refractivity contribution is 5.98. The van der Waals surface area contributed by atoms with Gasteiger partial charge in [-0.2, -0.15) is 0 Å². The molecular weight excluding hydrogens is 374 g/mol. The van der Waals surface area contributed by atoms with Crippen molar-refractivity contribution in [3.8, 4) is 11.4 Å². The first-order valence-electron chi connectivity index (χ1n) is 10.1. The number of nitrogens with zero attached hydrogens (tertiary/aromatic N) is 4. The topological polar surface area (TPSA) is 72.7 Å². The maximum absolute atomic E-state index is 13.2. The zero-order valence-corrected chi connectivity index (χ0v) is 16.3. The van der Waals surface area contributed by atoms with E-state index < -0.39 is 0 Å². The summed E-state index contributed by atoms with van der Waals surface area (Å²) >= 11 is 0. The fraction of sp³-hybridized carbons (Fsp3) is 0.167. The van der Waals surface area contributed by atoms with E-state index >= 15 is 0 Å². The summed E-state index contributed by atoms with van der Waals surface area (Å²) in [7, 11) is 0. The SMILES string of the molecule is O=C(Nc1ccc(-c2nnnn2C2CC2)cc1)C(c1ccccc1)c1ccccc1. The summed E-state index contributed by atoms with van der Waals surface area (Å²) in [6, 6.07) is 27.8. The molecule has 1 amide bonds. The molecule has 1 aromatic heterocycles. The van der Waals surface area contributed by atoms with E-state index in [1.165, 1.54) is 0 Å². The van der Waals surface area contributed by atoms with E-state index in [-0.39, 0.29) is 11.8 Å². The fourth-order valence-electron chi connectivity index (χ4n) is 3.65. The third-order valence-corrected chi connectivity index (χ3v) is 5.32. The third kappa shape index (κ3) is 3.72. The standard InChI is InChI=1S/C24H21N5O/c30-24(22(17-7-3-1-4-8-17)18-9-5-2-6-10-18)25-20-13-11-19(12-14-20)23-26-27-28-29(23)21-15-16-21/h1-14,21-22H,15-16H2,(H,25,30). The second-order valence-electron chi connectivity index (χ2n) is 7.50. The molecule has 0 aliphatic heterocycles. The maximum Gasteiger partial charge on any atom is 0.236 e. The molecule has 1 N–H and O–H groups in total. The summed E-state index contributed by atoms with van der Waals surface area (Å²) in [6.07, 6.45) is 2.24. The maximum atomic E-state index is 13.2. The molecule has 6 nitrogen and oxygen atoms in total. The molecule has 0 radical (unpaired) electrons. The average Bonchev–Trinajstić information content (AvgIpc) is 3.52. The van der Waals surface area contributed by atoms with E-state index in [1.807, 2.05) is 89.6 Å². The van der Waals surface area contributed by atoms with Crippen LogP contribution in [0.3, 0.4) is 0 Å². The first-order valence-corrected chi connectivity index (χ1v) is 10.1. The van der Waals surface area contributed by atoms with Crippen LogP contribution in [0.15, 0.2) is 84.9 Å². The quantitative estimate of drug-likeness (QED) is 0.524. The van der Waals surface area contributed by atoms with E-state index in [0.717, 1.165) is 41.0 Å². The van der Waals surface area contributed by atoms with Crippen molar-refractivity contribution in [1.82, 2.24) is 20.2 Å². The summed E-state index contributed by atoms with van der Waals surface area (Å²) in [5.74, 6) is 0.319. The van der Waals surface area contributed by atoms with Gasteiger partial charge < -0.3 is 5.32 Å². The van der Waals surface area contributed by atoms with Crippen LogP contribution in [0, 0.1) is 0 Å². The van der Waals surface area contributed by atoms with Crippen molar-refractivity contribution in [2.24, 2.45) is 0 Å². The highest BCUT2D eigenvalue weighted by Crippen LogP contribution is 2.36. The van der Waals surface area contributed by atoms with Gasteiger partial charge in [-0.05, 0) is 58.7 Å². The van der Waals surface area contributed by atoms with Gasteiger partial charge in [-0.3, -0.25) is 4.79 Å². The third-order valence-electron chi connectivity index (χ3n) is 5.32. The summed E-state index contributed by atoms with van der Waals surface area (Å²) < 4.78 is 1.88. The lowest BCUT2D eigenvalue weighted by molar-refractivity contribution is -0.116. The molecule has 5 rings (SSSR count). The second kappa shape index (κ2) is 7.91. The molecule has 1 fully saturated rings.